The normalized spacial score (nSPS) is 10.6. The van der Waals surface area contributed by atoms with Gasteiger partial charge >= 0.3 is 0 Å². The molecular weight excluding hydrogens is 276 g/mol. The number of methoxy groups -OCH3 is 1. The fraction of sp³-hybridized carbons (Fsp3) is 0.211. The molecule has 2 aromatic carbocycles. The van der Waals surface area contributed by atoms with Crippen molar-refractivity contribution in [1.29, 1.82) is 0 Å². The lowest BCUT2D eigenvalue weighted by Gasteiger charge is -2.04. The van der Waals surface area contributed by atoms with Gasteiger partial charge in [-0.15, -0.1) is 0 Å². The lowest BCUT2D eigenvalue weighted by Crippen LogP contribution is -1.95. The van der Waals surface area contributed by atoms with E-state index in [2.05, 4.69) is 6.92 Å². The molecule has 0 spiro atoms. The Morgan fingerprint density at radius 2 is 1.86 bits per heavy atom. The topological polar surface area (TPSA) is 35.5 Å². The van der Waals surface area contributed by atoms with Crippen molar-refractivity contribution in [2.45, 2.75) is 13.3 Å². The Morgan fingerprint density at radius 3 is 2.55 bits per heavy atom. The standard InChI is InChI=1S/C19H20O3/c1-3-13-22-17-10-7-15(8-11-17)9-12-19(20)16-5-4-6-18(14-16)21-2/h4-12,14H,3,13H2,1-2H3/b12-9+. The summed E-state index contributed by atoms with van der Waals surface area (Å²) in [7, 11) is 1.58. The molecule has 3 nitrogen and oxygen atoms in total. The van der Waals surface area contributed by atoms with E-state index in [0.717, 1.165) is 17.7 Å². The van der Waals surface area contributed by atoms with Crippen LogP contribution in [0.25, 0.3) is 6.08 Å². The first kappa shape index (κ1) is 15.8. The van der Waals surface area contributed by atoms with Gasteiger partial charge in [0.1, 0.15) is 11.5 Å². The van der Waals surface area contributed by atoms with Gasteiger partial charge in [0.25, 0.3) is 0 Å². The molecule has 0 saturated heterocycles. The number of rotatable bonds is 7. The first-order valence-corrected chi connectivity index (χ1v) is 7.32. The molecule has 0 aliphatic heterocycles. The van der Waals surface area contributed by atoms with Gasteiger partial charge in [-0.3, -0.25) is 4.79 Å². The number of hydrogen-bond acceptors (Lipinski definition) is 3. The maximum atomic E-state index is 12.1. The lowest BCUT2D eigenvalue weighted by molar-refractivity contribution is 0.104. The smallest absolute Gasteiger partial charge is 0.185 e. The summed E-state index contributed by atoms with van der Waals surface area (Å²) in [5.74, 6) is 1.47. The van der Waals surface area contributed by atoms with Crippen molar-refractivity contribution in [2.75, 3.05) is 13.7 Å². The Morgan fingerprint density at radius 1 is 1.09 bits per heavy atom. The van der Waals surface area contributed by atoms with Crippen LogP contribution in [0.4, 0.5) is 0 Å². The molecular formula is C19H20O3. The summed E-state index contributed by atoms with van der Waals surface area (Å²) in [6, 6.07) is 14.8. The fourth-order valence-corrected chi connectivity index (χ4v) is 1.94. The van der Waals surface area contributed by atoms with Crippen molar-refractivity contribution in [2.24, 2.45) is 0 Å². The predicted octanol–water partition coefficient (Wildman–Crippen LogP) is 4.38. The van der Waals surface area contributed by atoms with Crippen LogP contribution in [0.15, 0.2) is 54.6 Å². The Bertz CT molecular complexity index is 642. The zero-order valence-corrected chi connectivity index (χ0v) is 12.9. The molecule has 0 fully saturated rings. The number of allylic oxidation sites excluding steroid dienone is 1. The summed E-state index contributed by atoms with van der Waals surface area (Å²) in [5.41, 5.74) is 1.57. The van der Waals surface area contributed by atoms with Crippen molar-refractivity contribution >= 4 is 11.9 Å². The van der Waals surface area contributed by atoms with Gasteiger partial charge in [-0.25, -0.2) is 0 Å². The summed E-state index contributed by atoms with van der Waals surface area (Å²) in [6.07, 6.45) is 4.35. The second-order valence-corrected chi connectivity index (χ2v) is 4.85. The number of carbonyl (C=O) groups excluding carboxylic acids is 1. The van der Waals surface area contributed by atoms with E-state index in [1.54, 1.807) is 37.5 Å². The van der Waals surface area contributed by atoms with Gasteiger partial charge in [-0.05, 0) is 42.3 Å². The van der Waals surface area contributed by atoms with Crippen LogP contribution < -0.4 is 9.47 Å². The quantitative estimate of drug-likeness (QED) is 0.562. The van der Waals surface area contributed by atoms with E-state index < -0.39 is 0 Å². The van der Waals surface area contributed by atoms with Crippen molar-refractivity contribution in [3.05, 3.63) is 65.7 Å². The third-order valence-electron chi connectivity index (χ3n) is 3.13. The van der Waals surface area contributed by atoms with Crippen LogP contribution in [0, 0.1) is 0 Å². The van der Waals surface area contributed by atoms with Crippen molar-refractivity contribution in [3.63, 3.8) is 0 Å². The predicted molar refractivity (Wildman–Crippen MR) is 88.6 cm³/mol. The highest BCUT2D eigenvalue weighted by molar-refractivity contribution is 6.07. The lowest BCUT2D eigenvalue weighted by atomic mass is 10.1. The minimum atomic E-state index is -0.0507. The Labute approximate surface area is 131 Å². The van der Waals surface area contributed by atoms with Crippen molar-refractivity contribution in [3.8, 4) is 11.5 Å². The van der Waals surface area contributed by atoms with Crippen LogP contribution in [0.2, 0.25) is 0 Å². The molecule has 0 aliphatic carbocycles. The third kappa shape index (κ3) is 4.48. The van der Waals surface area contributed by atoms with E-state index in [9.17, 15) is 4.79 Å². The fourth-order valence-electron chi connectivity index (χ4n) is 1.94. The Hall–Kier alpha value is -2.55. The van der Waals surface area contributed by atoms with E-state index >= 15 is 0 Å². The summed E-state index contributed by atoms with van der Waals surface area (Å²) in [4.78, 5) is 12.1. The monoisotopic (exact) mass is 296 g/mol. The maximum absolute atomic E-state index is 12.1. The van der Waals surface area contributed by atoms with Crippen LogP contribution in [-0.4, -0.2) is 19.5 Å². The molecule has 2 rings (SSSR count). The Balaban J connectivity index is 2.02. The van der Waals surface area contributed by atoms with Crippen LogP contribution in [0.3, 0.4) is 0 Å². The molecule has 0 heterocycles. The minimum absolute atomic E-state index is 0.0507. The average Bonchev–Trinajstić information content (AvgIpc) is 2.58. The number of benzene rings is 2. The van der Waals surface area contributed by atoms with Gasteiger partial charge < -0.3 is 9.47 Å². The second-order valence-electron chi connectivity index (χ2n) is 4.85. The zero-order valence-electron chi connectivity index (χ0n) is 12.9. The molecule has 0 saturated carbocycles. The van der Waals surface area contributed by atoms with Crippen LogP contribution in [0.1, 0.15) is 29.3 Å². The molecule has 2 aromatic rings. The van der Waals surface area contributed by atoms with E-state index in [-0.39, 0.29) is 5.78 Å². The summed E-state index contributed by atoms with van der Waals surface area (Å²) < 4.78 is 10.6. The molecule has 22 heavy (non-hydrogen) atoms. The van der Waals surface area contributed by atoms with Gasteiger partial charge in [0.15, 0.2) is 5.78 Å². The van der Waals surface area contributed by atoms with Crippen LogP contribution in [0.5, 0.6) is 11.5 Å². The van der Waals surface area contributed by atoms with E-state index in [1.807, 2.05) is 30.3 Å². The van der Waals surface area contributed by atoms with Gasteiger partial charge in [0, 0.05) is 5.56 Å². The van der Waals surface area contributed by atoms with Crippen LogP contribution in [-0.2, 0) is 0 Å². The summed E-state index contributed by atoms with van der Waals surface area (Å²) >= 11 is 0. The number of hydrogen-bond donors (Lipinski definition) is 0. The molecule has 0 N–H and O–H groups in total. The van der Waals surface area contributed by atoms with Gasteiger partial charge in [-0.2, -0.15) is 0 Å². The van der Waals surface area contributed by atoms with Crippen LogP contribution >= 0.6 is 0 Å². The van der Waals surface area contributed by atoms with Crippen molar-refractivity contribution < 1.29 is 14.3 Å². The number of carbonyl (C=O) groups is 1. The van der Waals surface area contributed by atoms with E-state index in [4.69, 9.17) is 9.47 Å². The number of ether oxygens (including phenoxy) is 2. The highest BCUT2D eigenvalue weighted by Gasteiger charge is 2.03. The van der Waals surface area contributed by atoms with E-state index in [1.165, 1.54) is 0 Å². The number of ketones is 1. The van der Waals surface area contributed by atoms with Gasteiger partial charge in [0.2, 0.25) is 0 Å². The van der Waals surface area contributed by atoms with Gasteiger partial charge in [0.05, 0.1) is 13.7 Å². The minimum Gasteiger partial charge on any atom is -0.497 e. The molecule has 0 aliphatic rings. The van der Waals surface area contributed by atoms with Gasteiger partial charge in [-0.1, -0.05) is 37.3 Å². The SMILES string of the molecule is CCCOc1ccc(/C=C/C(=O)c2cccc(OC)c2)cc1. The first-order valence-electron chi connectivity index (χ1n) is 7.32. The molecule has 114 valence electrons. The van der Waals surface area contributed by atoms with Crippen molar-refractivity contribution in [1.82, 2.24) is 0 Å². The highest BCUT2D eigenvalue weighted by atomic mass is 16.5. The average molecular weight is 296 g/mol. The molecule has 3 heteroatoms. The molecule has 0 aromatic heterocycles. The summed E-state index contributed by atoms with van der Waals surface area (Å²) in [6.45, 7) is 2.78. The molecule has 0 bridgehead atoms. The maximum Gasteiger partial charge on any atom is 0.185 e. The zero-order chi connectivity index (χ0) is 15.8. The second kappa shape index (κ2) is 8.03. The Kier molecular flexibility index (Phi) is 5.78. The molecule has 0 amide bonds. The summed E-state index contributed by atoms with van der Waals surface area (Å²) in [5, 5.41) is 0. The molecule has 0 unspecified atom stereocenters. The molecule has 0 atom stereocenters. The highest BCUT2D eigenvalue weighted by Crippen LogP contribution is 2.16. The molecule has 0 radical (unpaired) electrons. The third-order valence-corrected chi connectivity index (χ3v) is 3.13. The largest absolute Gasteiger partial charge is 0.497 e. The first-order chi connectivity index (χ1) is 10.7. The van der Waals surface area contributed by atoms with E-state index in [0.29, 0.717) is 17.9 Å².